The fourth-order valence-electron chi connectivity index (χ4n) is 2.21. The van der Waals surface area contributed by atoms with Crippen LogP contribution in [0.3, 0.4) is 0 Å². The first kappa shape index (κ1) is 18.3. The second-order valence-corrected chi connectivity index (χ2v) is 6.39. The summed E-state index contributed by atoms with van der Waals surface area (Å²) in [6.45, 7) is 6.33. The van der Waals surface area contributed by atoms with Gasteiger partial charge in [-0.3, -0.25) is 4.79 Å². The minimum absolute atomic E-state index is 0.154. The highest BCUT2D eigenvalue weighted by Gasteiger charge is 2.07. The van der Waals surface area contributed by atoms with Gasteiger partial charge in [-0.05, 0) is 54.2 Å². The van der Waals surface area contributed by atoms with E-state index in [-0.39, 0.29) is 5.91 Å². The van der Waals surface area contributed by atoms with Crippen molar-refractivity contribution >= 4 is 23.3 Å². The van der Waals surface area contributed by atoms with Gasteiger partial charge in [-0.25, -0.2) is 4.98 Å². The maximum absolute atomic E-state index is 11.1. The Morgan fingerprint density at radius 1 is 1.29 bits per heavy atom. The van der Waals surface area contributed by atoms with E-state index in [4.69, 9.17) is 16.3 Å². The van der Waals surface area contributed by atoms with E-state index in [0.29, 0.717) is 29.1 Å². The Hall–Kier alpha value is -2.07. The van der Waals surface area contributed by atoms with Gasteiger partial charge < -0.3 is 10.1 Å². The molecule has 1 amide bonds. The van der Waals surface area contributed by atoms with E-state index in [9.17, 15) is 4.79 Å². The molecule has 4 nitrogen and oxygen atoms in total. The van der Waals surface area contributed by atoms with Crippen LogP contribution in [-0.2, 0) is 4.79 Å². The number of amides is 1. The fourth-order valence-corrected chi connectivity index (χ4v) is 2.44. The summed E-state index contributed by atoms with van der Waals surface area (Å²) in [5.41, 5.74) is 1.86. The molecular formula is C19H22ClN2O2. The third-order valence-corrected chi connectivity index (χ3v) is 3.62. The van der Waals surface area contributed by atoms with Gasteiger partial charge in [0.15, 0.2) is 0 Å². The number of aromatic nitrogens is 1. The van der Waals surface area contributed by atoms with Crippen LogP contribution in [0, 0.1) is 12.3 Å². The zero-order valence-electron chi connectivity index (χ0n) is 14.2. The lowest BCUT2D eigenvalue weighted by atomic mass is 10.1. The van der Waals surface area contributed by atoms with Crippen LogP contribution >= 0.6 is 11.6 Å². The lowest BCUT2D eigenvalue weighted by Gasteiger charge is -2.11. The number of ether oxygens (including phenoxy) is 1. The van der Waals surface area contributed by atoms with Crippen LogP contribution in [0.4, 0.5) is 5.82 Å². The van der Waals surface area contributed by atoms with Crippen molar-refractivity contribution in [2.45, 2.75) is 27.2 Å². The Kier molecular flexibility index (Phi) is 6.62. The van der Waals surface area contributed by atoms with E-state index in [2.05, 4.69) is 30.6 Å². The van der Waals surface area contributed by atoms with Crippen molar-refractivity contribution in [2.24, 2.45) is 5.92 Å². The first-order chi connectivity index (χ1) is 11.5. The second kappa shape index (κ2) is 8.69. The number of rotatable bonds is 7. The van der Waals surface area contributed by atoms with Crippen LogP contribution in [0.2, 0.25) is 5.02 Å². The molecule has 5 heteroatoms. The van der Waals surface area contributed by atoms with Gasteiger partial charge >= 0.3 is 0 Å². The van der Waals surface area contributed by atoms with Gasteiger partial charge in [0.05, 0.1) is 11.6 Å². The topological polar surface area (TPSA) is 51.2 Å². The van der Waals surface area contributed by atoms with Crippen LogP contribution in [0.15, 0.2) is 36.5 Å². The first-order valence-electron chi connectivity index (χ1n) is 7.93. The molecule has 0 aliphatic rings. The van der Waals surface area contributed by atoms with Crippen LogP contribution in [0.25, 0.3) is 11.1 Å². The smallest absolute Gasteiger partial charge is 0.222 e. The van der Waals surface area contributed by atoms with Gasteiger partial charge in [0.25, 0.3) is 0 Å². The molecule has 1 aromatic carbocycles. The molecule has 0 fully saturated rings. The SMILES string of the molecule is CC(=O)Nc1cc(-c2ccc(OC[CH]CC(C)C)c(Cl)c2)ccn1. The molecule has 2 rings (SSSR count). The average Bonchev–Trinajstić information content (AvgIpc) is 2.52. The van der Waals surface area contributed by atoms with Crippen molar-refractivity contribution in [1.29, 1.82) is 0 Å². The van der Waals surface area contributed by atoms with Gasteiger partial charge in [0, 0.05) is 13.1 Å². The predicted octanol–water partition coefficient (Wildman–Crippen LogP) is 4.99. The van der Waals surface area contributed by atoms with Crippen molar-refractivity contribution in [3.8, 4) is 16.9 Å². The molecule has 1 heterocycles. The summed E-state index contributed by atoms with van der Waals surface area (Å²) in [7, 11) is 0. The Morgan fingerprint density at radius 2 is 2.04 bits per heavy atom. The van der Waals surface area contributed by atoms with Gasteiger partial charge in [-0.2, -0.15) is 0 Å². The molecule has 1 aromatic heterocycles. The number of hydrogen-bond donors (Lipinski definition) is 1. The number of anilines is 1. The molecular weight excluding hydrogens is 324 g/mol. The third kappa shape index (κ3) is 5.53. The van der Waals surface area contributed by atoms with Crippen molar-refractivity contribution < 1.29 is 9.53 Å². The quantitative estimate of drug-likeness (QED) is 0.719. The fraction of sp³-hybridized carbons (Fsp3) is 0.316. The van der Waals surface area contributed by atoms with Gasteiger partial charge in [0.1, 0.15) is 11.6 Å². The van der Waals surface area contributed by atoms with Gasteiger partial charge in [-0.1, -0.05) is 31.5 Å². The standard InChI is InChI=1S/C19H22ClN2O2/c1-13(2)5-4-10-24-18-7-6-15(11-17(18)20)16-8-9-21-19(12-16)22-14(3)23/h4,6-9,11-13H,5,10H2,1-3H3,(H,21,22,23). The molecule has 0 bridgehead atoms. The van der Waals surface area contributed by atoms with E-state index in [0.717, 1.165) is 17.5 Å². The summed E-state index contributed by atoms with van der Waals surface area (Å²) in [6, 6.07) is 9.33. The highest BCUT2D eigenvalue weighted by Crippen LogP contribution is 2.31. The molecule has 127 valence electrons. The van der Waals surface area contributed by atoms with Crippen LogP contribution in [0.1, 0.15) is 27.2 Å². The Balaban J connectivity index is 2.07. The number of halogens is 1. The van der Waals surface area contributed by atoms with Crippen LogP contribution in [0.5, 0.6) is 5.75 Å². The van der Waals surface area contributed by atoms with E-state index in [1.807, 2.05) is 30.3 Å². The van der Waals surface area contributed by atoms with E-state index < -0.39 is 0 Å². The number of nitrogens with one attached hydrogen (secondary N) is 1. The molecule has 0 saturated heterocycles. The predicted molar refractivity (Wildman–Crippen MR) is 98.2 cm³/mol. The highest BCUT2D eigenvalue weighted by atomic mass is 35.5. The molecule has 2 aromatic rings. The van der Waals surface area contributed by atoms with Gasteiger partial charge in [0.2, 0.25) is 5.91 Å². The monoisotopic (exact) mass is 345 g/mol. The average molecular weight is 346 g/mol. The number of nitrogens with zero attached hydrogens (tertiary/aromatic N) is 1. The lowest BCUT2D eigenvalue weighted by Crippen LogP contribution is -2.07. The lowest BCUT2D eigenvalue weighted by molar-refractivity contribution is -0.114. The van der Waals surface area contributed by atoms with Gasteiger partial charge in [-0.15, -0.1) is 0 Å². The van der Waals surface area contributed by atoms with Crippen molar-refractivity contribution in [2.75, 3.05) is 11.9 Å². The maximum atomic E-state index is 11.1. The molecule has 0 saturated carbocycles. The minimum Gasteiger partial charge on any atom is -0.492 e. The second-order valence-electron chi connectivity index (χ2n) is 5.99. The van der Waals surface area contributed by atoms with Crippen molar-refractivity contribution in [1.82, 2.24) is 4.98 Å². The number of pyridine rings is 1. The molecule has 1 radical (unpaired) electrons. The summed E-state index contributed by atoms with van der Waals surface area (Å²) >= 11 is 6.32. The zero-order valence-corrected chi connectivity index (χ0v) is 14.9. The molecule has 0 atom stereocenters. The zero-order chi connectivity index (χ0) is 17.5. The number of carbonyl (C=O) groups is 1. The third-order valence-electron chi connectivity index (χ3n) is 3.32. The molecule has 0 aliphatic carbocycles. The van der Waals surface area contributed by atoms with Crippen molar-refractivity contribution in [3.05, 3.63) is 48.0 Å². The largest absolute Gasteiger partial charge is 0.492 e. The summed E-state index contributed by atoms with van der Waals surface area (Å²) in [6.07, 6.45) is 4.77. The van der Waals surface area contributed by atoms with Crippen molar-refractivity contribution in [3.63, 3.8) is 0 Å². The van der Waals surface area contributed by atoms with Crippen LogP contribution < -0.4 is 10.1 Å². The summed E-state index contributed by atoms with van der Waals surface area (Å²) < 4.78 is 5.70. The number of carbonyl (C=O) groups excluding carboxylic acids is 1. The Bertz CT molecular complexity index is 702. The molecule has 0 spiro atoms. The summed E-state index contributed by atoms with van der Waals surface area (Å²) in [5.74, 6) is 1.64. The molecule has 24 heavy (non-hydrogen) atoms. The highest BCUT2D eigenvalue weighted by molar-refractivity contribution is 6.32. The minimum atomic E-state index is -0.154. The molecule has 1 N–H and O–H groups in total. The summed E-state index contributed by atoms with van der Waals surface area (Å²) in [4.78, 5) is 15.3. The molecule has 0 aliphatic heterocycles. The number of hydrogen-bond acceptors (Lipinski definition) is 3. The summed E-state index contributed by atoms with van der Waals surface area (Å²) in [5, 5.41) is 3.23. The Morgan fingerprint density at radius 3 is 2.71 bits per heavy atom. The maximum Gasteiger partial charge on any atom is 0.222 e. The first-order valence-corrected chi connectivity index (χ1v) is 8.31. The van der Waals surface area contributed by atoms with E-state index in [1.54, 1.807) is 6.20 Å². The van der Waals surface area contributed by atoms with Crippen LogP contribution in [-0.4, -0.2) is 17.5 Å². The van der Waals surface area contributed by atoms with E-state index >= 15 is 0 Å². The number of benzene rings is 1. The Labute approximate surface area is 148 Å². The normalized spacial score (nSPS) is 10.7. The van der Waals surface area contributed by atoms with E-state index in [1.165, 1.54) is 6.92 Å². The molecule has 0 unspecified atom stereocenters.